The second-order valence-corrected chi connectivity index (χ2v) is 3.52. The van der Waals surface area contributed by atoms with Gasteiger partial charge in [-0.2, -0.15) is 0 Å². The van der Waals surface area contributed by atoms with Gasteiger partial charge >= 0.3 is 0 Å². The van der Waals surface area contributed by atoms with Gasteiger partial charge in [-0.1, -0.05) is 24.3 Å². The average Bonchev–Trinajstić information content (AvgIpc) is 2.27. The van der Waals surface area contributed by atoms with E-state index in [-0.39, 0.29) is 5.75 Å². The van der Waals surface area contributed by atoms with E-state index < -0.39 is 0 Å². The van der Waals surface area contributed by atoms with Gasteiger partial charge < -0.3 is 5.11 Å². The van der Waals surface area contributed by atoms with Gasteiger partial charge in [0, 0.05) is 10.8 Å². The summed E-state index contributed by atoms with van der Waals surface area (Å²) >= 11 is 0. The van der Waals surface area contributed by atoms with E-state index in [1.807, 2.05) is 36.4 Å². The number of fused-ring (bicyclic) bond motifs is 2. The first-order chi connectivity index (χ1) is 7.34. The molecule has 0 unspecified atom stereocenters. The number of aromatic nitrogens is 1. The van der Waals surface area contributed by atoms with Crippen molar-refractivity contribution in [2.45, 2.75) is 0 Å². The van der Waals surface area contributed by atoms with E-state index in [2.05, 4.69) is 4.98 Å². The maximum absolute atomic E-state index is 9.69. The maximum Gasteiger partial charge on any atom is 0.124 e. The standard InChI is InChI=1S/C13H9NO/c15-13-7-3-6-12-10(13)8-9-4-1-2-5-11(9)14-12/h1-8,15H. The molecule has 0 saturated carbocycles. The molecule has 15 heavy (non-hydrogen) atoms. The number of para-hydroxylation sites is 1. The van der Waals surface area contributed by atoms with Gasteiger partial charge in [0.25, 0.3) is 0 Å². The lowest BCUT2D eigenvalue weighted by molar-refractivity contribution is 0.481. The van der Waals surface area contributed by atoms with Crippen molar-refractivity contribution in [1.82, 2.24) is 4.98 Å². The van der Waals surface area contributed by atoms with Gasteiger partial charge in [-0.3, -0.25) is 0 Å². The van der Waals surface area contributed by atoms with E-state index in [1.165, 1.54) is 0 Å². The van der Waals surface area contributed by atoms with Gasteiger partial charge in [-0.25, -0.2) is 4.98 Å². The van der Waals surface area contributed by atoms with Crippen molar-refractivity contribution in [1.29, 1.82) is 0 Å². The minimum Gasteiger partial charge on any atom is -0.507 e. The molecule has 0 fully saturated rings. The topological polar surface area (TPSA) is 33.1 Å². The molecular formula is C13H9NO. The molecule has 72 valence electrons. The minimum absolute atomic E-state index is 0.283. The molecule has 0 amide bonds. The lowest BCUT2D eigenvalue weighted by atomic mass is 10.1. The number of hydrogen-bond donors (Lipinski definition) is 1. The zero-order chi connectivity index (χ0) is 10.3. The molecule has 1 heterocycles. The first-order valence-electron chi connectivity index (χ1n) is 4.82. The molecule has 1 N–H and O–H groups in total. The highest BCUT2D eigenvalue weighted by Gasteiger charge is 2.01. The average molecular weight is 195 g/mol. The number of phenols is 1. The van der Waals surface area contributed by atoms with Gasteiger partial charge in [-0.05, 0) is 24.3 Å². The normalized spacial score (nSPS) is 10.9. The molecule has 1 aromatic heterocycles. The SMILES string of the molecule is Oc1cccc2nc3ccccc3cc12. The van der Waals surface area contributed by atoms with Crippen LogP contribution in [0.3, 0.4) is 0 Å². The third kappa shape index (κ3) is 1.22. The van der Waals surface area contributed by atoms with E-state index >= 15 is 0 Å². The van der Waals surface area contributed by atoms with Crippen LogP contribution in [0.5, 0.6) is 5.75 Å². The van der Waals surface area contributed by atoms with Crippen LogP contribution in [0.4, 0.5) is 0 Å². The number of benzene rings is 2. The molecule has 3 aromatic rings. The first kappa shape index (κ1) is 8.24. The fourth-order valence-electron chi connectivity index (χ4n) is 1.78. The molecular weight excluding hydrogens is 186 g/mol. The van der Waals surface area contributed by atoms with Crippen LogP contribution in [0.15, 0.2) is 48.5 Å². The van der Waals surface area contributed by atoms with Crippen molar-refractivity contribution in [3.8, 4) is 5.75 Å². The summed E-state index contributed by atoms with van der Waals surface area (Å²) < 4.78 is 0. The summed E-state index contributed by atoms with van der Waals surface area (Å²) in [5.41, 5.74) is 1.78. The lowest BCUT2D eigenvalue weighted by Gasteiger charge is -2.02. The monoisotopic (exact) mass is 195 g/mol. The quantitative estimate of drug-likeness (QED) is 0.559. The van der Waals surface area contributed by atoms with Gasteiger partial charge in [0.05, 0.1) is 11.0 Å². The van der Waals surface area contributed by atoms with Gasteiger partial charge in [0.1, 0.15) is 5.75 Å². The Balaban J connectivity index is 2.53. The fraction of sp³-hybridized carbons (Fsp3) is 0. The molecule has 0 spiro atoms. The van der Waals surface area contributed by atoms with Crippen LogP contribution in [-0.2, 0) is 0 Å². The van der Waals surface area contributed by atoms with Crippen molar-refractivity contribution in [2.75, 3.05) is 0 Å². The van der Waals surface area contributed by atoms with Crippen LogP contribution >= 0.6 is 0 Å². The van der Waals surface area contributed by atoms with Crippen molar-refractivity contribution in [3.05, 3.63) is 48.5 Å². The molecule has 3 rings (SSSR count). The van der Waals surface area contributed by atoms with Crippen molar-refractivity contribution in [3.63, 3.8) is 0 Å². The number of rotatable bonds is 0. The van der Waals surface area contributed by atoms with Crippen LogP contribution in [-0.4, -0.2) is 10.1 Å². The predicted octanol–water partition coefficient (Wildman–Crippen LogP) is 3.09. The number of aromatic hydroxyl groups is 1. The largest absolute Gasteiger partial charge is 0.507 e. The van der Waals surface area contributed by atoms with Crippen LogP contribution in [0.1, 0.15) is 0 Å². The summed E-state index contributed by atoms with van der Waals surface area (Å²) in [4.78, 5) is 4.48. The highest BCUT2D eigenvalue weighted by molar-refractivity contribution is 5.95. The van der Waals surface area contributed by atoms with Gasteiger partial charge in [0.15, 0.2) is 0 Å². The van der Waals surface area contributed by atoms with Crippen LogP contribution in [0.2, 0.25) is 0 Å². The number of hydrogen-bond acceptors (Lipinski definition) is 2. The molecule has 2 heteroatoms. The van der Waals surface area contributed by atoms with E-state index in [0.717, 1.165) is 21.8 Å². The molecule has 0 aliphatic carbocycles. The Morgan fingerprint density at radius 2 is 1.67 bits per heavy atom. The number of phenolic OH excluding ortho intramolecular Hbond substituents is 1. The Morgan fingerprint density at radius 1 is 0.867 bits per heavy atom. The smallest absolute Gasteiger partial charge is 0.124 e. The molecule has 2 nitrogen and oxygen atoms in total. The summed E-state index contributed by atoms with van der Waals surface area (Å²) in [6.07, 6.45) is 0. The maximum atomic E-state index is 9.69. The van der Waals surface area contributed by atoms with E-state index in [9.17, 15) is 5.11 Å². The zero-order valence-electron chi connectivity index (χ0n) is 8.01. The Labute approximate surface area is 86.8 Å². The fourth-order valence-corrected chi connectivity index (χ4v) is 1.78. The second-order valence-electron chi connectivity index (χ2n) is 3.52. The van der Waals surface area contributed by atoms with Crippen LogP contribution in [0, 0.1) is 0 Å². The Hall–Kier alpha value is -2.09. The molecule has 0 saturated heterocycles. The highest BCUT2D eigenvalue weighted by atomic mass is 16.3. The minimum atomic E-state index is 0.283. The van der Waals surface area contributed by atoms with Crippen LogP contribution in [0.25, 0.3) is 21.8 Å². The summed E-state index contributed by atoms with van der Waals surface area (Å²) in [6, 6.07) is 15.2. The van der Waals surface area contributed by atoms with E-state index in [0.29, 0.717) is 0 Å². The molecule has 0 radical (unpaired) electrons. The highest BCUT2D eigenvalue weighted by Crippen LogP contribution is 2.26. The Bertz CT molecular complexity index is 646. The number of pyridine rings is 1. The third-order valence-corrected chi connectivity index (χ3v) is 2.54. The van der Waals surface area contributed by atoms with Crippen molar-refractivity contribution >= 4 is 21.8 Å². The summed E-state index contributed by atoms with van der Waals surface area (Å²) in [6.45, 7) is 0. The second kappa shape index (κ2) is 2.95. The van der Waals surface area contributed by atoms with Crippen LogP contribution < -0.4 is 0 Å². The summed E-state index contributed by atoms with van der Waals surface area (Å²) in [5, 5.41) is 11.5. The zero-order valence-corrected chi connectivity index (χ0v) is 8.01. The summed E-state index contributed by atoms with van der Waals surface area (Å²) in [7, 11) is 0. The summed E-state index contributed by atoms with van der Waals surface area (Å²) in [5.74, 6) is 0.283. The number of nitrogens with zero attached hydrogens (tertiary/aromatic N) is 1. The van der Waals surface area contributed by atoms with Gasteiger partial charge in [0.2, 0.25) is 0 Å². The third-order valence-electron chi connectivity index (χ3n) is 2.54. The Morgan fingerprint density at radius 3 is 2.60 bits per heavy atom. The van der Waals surface area contributed by atoms with Crippen molar-refractivity contribution < 1.29 is 5.11 Å². The first-order valence-corrected chi connectivity index (χ1v) is 4.82. The van der Waals surface area contributed by atoms with E-state index in [4.69, 9.17) is 0 Å². The molecule has 0 atom stereocenters. The molecule has 0 aliphatic rings. The van der Waals surface area contributed by atoms with E-state index in [1.54, 1.807) is 12.1 Å². The van der Waals surface area contributed by atoms with Gasteiger partial charge in [-0.15, -0.1) is 0 Å². The molecule has 0 bridgehead atoms. The molecule has 0 aliphatic heterocycles. The molecule has 2 aromatic carbocycles. The predicted molar refractivity (Wildman–Crippen MR) is 60.9 cm³/mol. The van der Waals surface area contributed by atoms with Crippen molar-refractivity contribution in [2.24, 2.45) is 0 Å². The Kier molecular flexibility index (Phi) is 1.62. The lowest BCUT2D eigenvalue weighted by Crippen LogP contribution is -1.81.